The molecule has 5 aromatic rings. The van der Waals surface area contributed by atoms with Crippen molar-refractivity contribution in [3.05, 3.63) is 93.8 Å². The third kappa shape index (κ3) is 3.06. The highest BCUT2D eigenvalue weighted by atomic mass is 32.1. The van der Waals surface area contributed by atoms with E-state index in [2.05, 4.69) is 4.98 Å². The lowest BCUT2D eigenvalue weighted by Crippen LogP contribution is -2.21. The van der Waals surface area contributed by atoms with Gasteiger partial charge in [0.15, 0.2) is 0 Å². The fraction of sp³-hybridized carbons (Fsp3) is 0.0455. The maximum Gasteiger partial charge on any atom is 0.263 e. The lowest BCUT2D eigenvalue weighted by Gasteiger charge is -2.04. The molecular weight excluding hydrogens is 386 g/mol. The smallest absolute Gasteiger partial charge is 0.263 e. The second-order valence-electron chi connectivity index (χ2n) is 6.38. The molecule has 0 aliphatic rings. The summed E-state index contributed by atoms with van der Waals surface area (Å²) >= 11 is 3.09. The van der Waals surface area contributed by atoms with Crippen LogP contribution in [0.4, 0.5) is 0 Å². The number of hydrogen-bond acceptors (Lipinski definition) is 5. The van der Waals surface area contributed by atoms with Gasteiger partial charge >= 0.3 is 0 Å². The van der Waals surface area contributed by atoms with Gasteiger partial charge in [-0.15, -0.1) is 22.7 Å². The predicted molar refractivity (Wildman–Crippen MR) is 116 cm³/mol. The minimum Gasteiger partial charge on any atom is -0.293 e. The summed E-state index contributed by atoms with van der Waals surface area (Å²) < 4.78 is 1.64. The molecule has 136 valence electrons. The van der Waals surface area contributed by atoms with E-state index in [0.29, 0.717) is 11.9 Å². The zero-order valence-corrected chi connectivity index (χ0v) is 16.4. The minimum atomic E-state index is -0.0284. The maximum atomic E-state index is 13.2. The van der Waals surface area contributed by atoms with E-state index >= 15 is 0 Å². The Kier molecular flexibility index (Phi) is 4.35. The van der Waals surface area contributed by atoms with E-state index in [1.165, 1.54) is 11.3 Å². The van der Waals surface area contributed by atoms with E-state index in [1.54, 1.807) is 22.2 Å². The number of nitrogens with zero attached hydrogens (tertiary/aromatic N) is 3. The molecule has 0 fully saturated rings. The zero-order chi connectivity index (χ0) is 18.9. The first-order chi connectivity index (χ1) is 13.8. The lowest BCUT2D eigenvalue weighted by atomic mass is 10.1. The van der Waals surface area contributed by atoms with Crippen molar-refractivity contribution < 1.29 is 0 Å². The van der Waals surface area contributed by atoms with Crippen molar-refractivity contribution in [2.45, 2.75) is 6.54 Å². The van der Waals surface area contributed by atoms with Crippen LogP contribution in [0.1, 0.15) is 5.69 Å². The van der Waals surface area contributed by atoms with Crippen molar-refractivity contribution in [3.8, 4) is 21.7 Å². The number of fused-ring (bicyclic) bond motifs is 1. The highest BCUT2D eigenvalue weighted by molar-refractivity contribution is 7.17. The van der Waals surface area contributed by atoms with E-state index in [9.17, 15) is 4.79 Å². The molecule has 0 saturated carbocycles. The maximum absolute atomic E-state index is 13.2. The SMILES string of the molecule is O=c1c2c(-c3ccccc3)csc2ncn1Cc1csc(-c2ccccc2)n1. The number of rotatable bonds is 4. The average molecular weight is 402 g/mol. The molecule has 4 nitrogen and oxygen atoms in total. The van der Waals surface area contributed by atoms with Gasteiger partial charge < -0.3 is 0 Å². The number of hydrogen-bond donors (Lipinski definition) is 0. The van der Waals surface area contributed by atoms with E-state index in [-0.39, 0.29) is 5.56 Å². The number of thiophene rings is 1. The Morgan fingerprint density at radius 2 is 1.57 bits per heavy atom. The third-order valence-electron chi connectivity index (χ3n) is 4.55. The first-order valence-corrected chi connectivity index (χ1v) is 10.6. The lowest BCUT2D eigenvalue weighted by molar-refractivity contribution is 0.735. The van der Waals surface area contributed by atoms with E-state index in [1.807, 2.05) is 71.4 Å². The Morgan fingerprint density at radius 3 is 2.32 bits per heavy atom. The summed E-state index contributed by atoms with van der Waals surface area (Å²) in [6.45, 7) is 0.412. The van der Waals surface area contributed by atoms with Crippen molar-refractivity contribution in [2.24, 2.45) is 0 Å². The van der Waals surface area contributed by atoms with Crippen LogP contribution in [0.5, 0.6) is 0 Å². The van der Waals surface area contributed by atoms with Crippen LogP contribution < -0.4 is 5.56 Å². The van der Waals surface area contributed by atoms with Gasteiger partial charge in [0, 0.05) is 21.9 Å². The molecule has 2 aromatic carbocycles. The highest BCUT2D eigenvalue weighted by Gasteiger charge is 2.14. The van der Waals surface area contributed by atoms with Crippen LogP contribution in [-0.2, 0) is 6.54 Å². The zero-order valence-electron chi connectivity index (χ0n) is 14.8. The van der Waals surface area contributed by atoms with Crippen molar-refractivity contribution >= 4 is 32.9 Å². The van der Waals surface area contributed by atoms with Gasteiger partial charge in [0.1, 0.15) is 9.84 Å². The van der Waals surface area contributed by atoms with Gasteiger partial charge in [0.2, 0.25) is 0 Å². The van der Waals surface area contributed by atoms with Gasteiger partial charge in [-0.1, -0.05) is 60.7 Å². The number of thiazole rings is 1. The Bertz CT molecular complexity index is 1300. The van der Waals surface area contributed by atoms with Gasteiger partial charge in [-0.3, -0.25) is 9.36 Å². The normalized spacial score (nSPS) is 11.1. The first kappa shape index (κ1) is 17.0. The minimum absolute atomic E-state index is 0.0284. The second kappa shape index (κ2) is 7.14. The average Bonchev–Trinajstić information content (AvgIpc) is 3.39. The number of aromatic nitrogens is 3. The van der Waals surface area contributed by atoms with Crippen molar-refractivity contribution in [1.29, 1.82) is 0 Å². The summed E-state index contributed by atoms with van der Waals surface area (Å²) in [4.78, 5) is 23.1. The molecule has 0 saturated heterocycles. The topological polar surface area (TPSA) is 47.8 Å². The van der Waals surface area contributed by atoms with Crippen LogP contribution in [0, 0.1) is 0 Å². The first-order valence-electron chi connectivity index (χ1n) is 8.81. The van der Waals surface area contributed by atoms with Gasteiger partial charge in [0.25, 0.3) is 5.56 Å². The standard InChI is InChI=1S/C22H15N3OS2/c26-22-19-18(15-7-3-1-4-8-15)13-28-21(19)23-14-25(22)11-17-12-27-20(24-17)16-9-5-2-6-10-16/h1-10,12-14H,11H2. The highest BCUT2D eigenvalue weighted by Crippen LogP contribution is 2.30. The van der Waals surface area contributed by atoms with Crippen molar-refractivity contribution in [3.63, 3.8) is 0 Å². The molecule has 0 spiro atoms. The predicted octanol–water partition coefficient (Wildman–Crippen LogP) is 5.30. The van der Waals surface area contributed by atoms with E-state index in [0.717, 1.165) is 32.2 Å². The summed E-state index contributed by atoms with van der Waals surface area (Å²) in [6, 6.07) is 20.0. The molecular formula is C22H15N3OS2. The summed E-state index contributed by atoms with van der Waals surface area (Å²) in [5.74, 6) is 0. The van der Waals surface area contributed by atoms with E-state index < -0.39 is 0 Å². The molecule has 0 bridgehead atoms. The molecule has 3 aromatic heterocycles. The summed E-state index contributed by atoms with van der Waals surface area (Å²) in [7, 11) is 0. The van der Waals surface area contributed by atoms with Gasteiger partial charge in [-0.2, -0.15) is 0 Å². The quantitative estimate of drug-likeness (QED) is 0.411. The summed E-state index contributed by atoms with van der Waals surface area (Å²) in [5.41, 5.74) is 3.90. The molecule has 0 unspecified atom stereocenters. The molecule has 0 amide bonds. The molecule has 0 aliphatic carbocycles. The summed E-state index contributed by atoms with van der Waals surface area (Å²) in [5, 5.41) is 5.65. The molecule has 5 rings (SSSR count). The van der Waals surface area contributed by atoms with Crippen molar-refractivity contribution in [2.75, 3.05) is 0 Å². The van der Waals surface area contributed by atoms with Crippen molar-refractivity contribution in [1.82, 2.24) is 14.5 Å². The fourth-order valence-electron chi connectivity index (χ4n) is 3.18. The fourth-order valence-corrected chi connectivity index (χ4v) is 4.90. The molecule has 0 radical (unpaired) electrons. The molecule has 28 heavy (non-hydrogen) atoms. The van der Waals surface area contributed by atoms with Crippen LogP contribution in [-0.4, -0.2) is 14.5 Å². The van der Waals surface area contributed by atoms with Crippen LogP contribution in [0.15, 0.2) is 82.5 Å². The Hall–Kier alpha value is -3.09. The molecule has 0 atom stereocenters. The Labute approximate surface area is 169 Å². The monoisotopic (exact) mass is 401 g/mol. The summed E-state index contributed by atoms with van der Waals surface area (Å²) in [6.07, 6.45) is 1.62. The van der Waals surface area contributed by atoms with Gasteiger partial charge in [-0.25, -0.2) is 9.97 Å². The Balaban J connectivity index is 1.53. The largest absolute Gasteiger partial charge is 0.293 e. The molecule has 6 heteroatoms. The van der Waals surface area contributed by atoms with Gasteiger partial charge in [0.05, 0.1) is 24.0 Å². The third-order valence-corrected chi connectivity index (χ3v) is 6.38. The number of benzene rings is 2. The van der Waals surface area contributed by atoms with Crippen LogP contribution in [0.3, 0.4) is 0 Å². The van der Waals surface area contributed by atoms with E-state index in [4.69, 9.17) is 4.98 Å². The van der Waals surface area contributed by atoms with Gasteiger partial charge in [-0.05, 0) is 5.56 Å². The molecule has 3 heterocycles. The van der Waals surface area contributed by atoms with Crippen LogP contribution >= 0.6 is 22.7 Å². The molecule has 0 aliphatic heterocycles. The van der Waals surface area contributed by atoms with Crippen LogP contribution in [0.25, 0.3) is 31.9 Å². The second-order valence-corrected chi connectivity index (χ2v) is 8.10. The molecule has 0 N–H and O–H groups in total. The van der Waals surface area contributed by atoms with Crippen LogP contribution in [0.2, 0.25) is 0 Å². The Morgan fingerprint density at radius 1 is 0.857 bits per heavy atom.